The van der Waals surface area contributed by atoms with Crippen LogP contribution >= 0.6 is 11.6 Å². The van der Waals surface area contributed by atoms with Gasteiger partial charge in [-0.2, -0.15) is 0 Å². The van der Waals surface area contributed by atoms with E-state index in [0.29, 0.717) is 16.3 Å². The van der Waals surface area contributed by atoms with Gasteiger partial charge in [0.1, 0.15) is 11.8 Å². The molecule has 0 saturated heterocycles. The van der Waals surface area contributed by atoms with Crippen LogP contribution in [0.4, 0.5) is 0 Å². The van der Waals surface area contributed by atoms with Gasteiger partial charge in [0.2, 0.25) is 5.91 Å². The number of methoxy groups -OCH3 is 1. The monoisotopic (exact) mass is 361 g/mol. The van der Waals surface area contributed by atoms with Gasteiger partial charge in [-0.1, -0.05) is 48.0 Å². The second-order valence-corrected chi connectivity index (χ2v) is 6.05. The Bertz CT molecular complexity index is 748. The average Bonchev–Trinajstić information content (AvgIpc) is 2.61. The standard InChI is InChI=1S/C19H20ClNO4/c1-21(16(19(23)24)11-13-7-4-3-5-8-13)18(22)12-14-15(20)9-6-10-17(14)25-2/h3-10,16H,11-12H2,1-2H3,(H,23,24). The van der Waals surface area contributed by atoms with Gasteiger partial charge in [-0.25, -0.2) is 4.79 Å². The van der Waals surface area contributed by atoms with Crippen molar-refractivity contribution in [3.63, 3.8) is 0 Å². The highest BCUT2D eigenvalue weighted by atomic mass is 35.5. The molecule has 0 bridgehead atoms. The summed E-state index contributed by atoms with van der Waals surface area (Å²) in [5, 5.41) is 9.94. The largest absolute Gasteiger partial charge is 0.496 e. The molecule has 0 fully saturated rings. The zero-order chi connectivity index (χ0) is 18.4. The van der Waals surface area contributed by atoms with Crippen molar-refractivity contribution in [3.05, 3.63) is 64.7 Å². The molecule has 2 aromatic rings. The number of hydrogen-bond acceptors (Lipinski definition) is 3. The Balaban J connectivity index is 2.18. The number of carboxylic acids is 1. The van der Waals surface area contributed by atoms with Crippen LogP contribution in [-0.4, -0.2) is 42.1 Å². The molecule has 0 radical (unpaired) electrons. The SMILES string of the molecule is COc1cccc(Cl)c1CC(=O)N(C)C(Cc1ccccc1)C(=O)O. The van der Waals surface area contributed by atoms with Gasteiger partial charge in [-0.05, 0) is 17.7 Å². The number of hydrogen-bond donors (Lipinski definition) is 1. The van der Waals surface area contributed by atoms with Gasteiger partial charge in [0.05, 0.1) is 13.5 Å². The van der Waals surface area contributed by atoms with E-state index in [4.69, 9.17) is 16.3 Å². The van der Waals surface area contributed by atoms with Gasteiger partial charge >= 0.3 is 5.97 Å². The number of aliphatic carboxylic acids is 1. The van der Waals surface area contributed by atoms with Crippen LogP contribution in [0.1, 0.15) is 11.1 Å². The molecule has 0 spiro atoms. The van der Waals surface area contributed by atoms with Crippen LogP contribution in [0.25, 0.3) is 0 Å². The Hall–Kier alpha value is -2.53. The molecule has 1 atom stereocenters. The molecule has 0 aromatic heterocycles. The maximum Gasteiger partial charge on any atom is 0.326 e. The van der Waals surface area contributed by atoms with Crippen LogP contribution in [0, 0.1) is 0 Å². The fraction of sp³-hybridized carbons (Fsp3) is 0.263. The van der Waals surface area contributed by atoms with Crippen molar-refractivity contribution in [1.29, 1.82) is 0 Å². The van der Waals surface area contributed by atoms with E-state index in [-0.39, 0.29) is 18.7 Å². The Morgan fingerprint density at radius 2 is 1.84 bits per heavy atom. The Labute approximate surface area is 151 Å². The van der Waals surface area contributed by atoms with Gasteiger partial charge < -0.3 is 14.7 Å². The quantitative estimate of drug-likeness (QED) is 0.823. The number of rotatable bonds is 7. The Kier molecular flexibility index (Phi) is 6.42. The molecule has 0 heterocycles. The minimum absolute atomic E-state index is 0.0298. The molecule has 5 nitrogen and oxygen atoms in total. The minimum atomic E-state index is -1.05. The normalized spacial score (nSPS) is 11.6. The number of ether oxygens (including phenoxy) is 1. The summed E-state index contributed by atoms with van der Waals surface area (Å²) in [7, 11) is 2.99. The molecular formula is C19H20ClNO4. The van der Waals surface area contributed by atoms with E-state index in [9.17, 15) is 14.7 Å². The number of benzene rings is 2. The third-order valence-corrected chi connectivity index (χ3v) is 4.40. The molecule has 0 saturated carbocycles. The predicted molar refractivity (Wildman–Crippen MR) is 96.0 cm³/mol. The molecule has 25 heavy (non-hydrogen) atoms. The summed E-state index contributed by atoms with van der Waals surface area (Å²) in [4.78, 5) is 25.5. The summed E-state index contributed by atoms with van der Waals surface area (Å²) in [5.41, 5.74) is 1.40. The van der Waals surface area contributed by atoms with Gasteiger partial charge in [0.25, 0.3) is 0 Å². The van der Waals surface area contributed by atoms with Crippen LogP contribution in [0.2, 0.25) is 5.02 Å². The summed E-state index contributed by atoms with van der Waals surface area (Å²) in [5.74, 6) is -0.884. The Morgan fingerprint density at radius 1 is 1.16 bits per heavy atom. The van der Waals surface area contributed by atoms with E-state index in [0.717, 1.165) is 5.56 Å². The molecular weight excluding hydrogens is 342 g/mol. The fourth-order valence-electron chi connectivity index (χ4n) is 2.58. The average molecular weight is 362 g/mol. The first-order valence-corrected chi connectivity index (χ1v) is 8.15. The van der Waals surface area contributed by atoms with Crippen molar-refractivity contribution < 1.29 is 19.4 Å². The summed E-state index contributed by atoms with van der Waals surface area (Å²) in [6, 6.07) is 13.4. The molecule has 0 aliphatic rings. The minimum Gasteiger partial charge on any atom is -0.496 e. The second kappa shape index (κ2) is 8.53. The maximum absolute atomic E-state index is 12.6. The van der Waals surface area contributed by atoms with Crippen LogP contribution in [-0.2, 0) is 22.4 Å². The van der Waals surface area contributed by atoms with Crippen molar-refractivity contribution in [2.24, 2.45) is 0 Å². The summed E-state index contributed by atoms with van der Waals surface area (Å²) in [6.45, 7) is 0. The summed E-state index contributed by atoms with van der Waals surface area (Å²) < 4.78 is 5.24. The molecule has 2 rings (SSSR count). The molecule has 2 aromatic carbocycles. The molecule has 1 amide bonds. The lowest BCUT2D eigenvalue weighted by atomic mass is 10.0. The van der Waals surface area contributed by atoms with E-state index in [2.05, 4.69) is 0 Å². The summed E-state index contributed by atoms with van der Waals surface area (Å²) >= 11 is 6.16. The number of amides is 1. The second-order valence-electron chi connectivity index (χ2n) is 5.65. The first-order chi connectivity index (χ1) is 11.9. The van der Waals surface area contributed by atoms with Crippen molar-refractivity contribution >= 4 is 23.5 Å². The molecule has 1 N–H and O–H groups in total. The number of carbonyl (C=O) groups is 2. The van der Waals surface area contributed by atoms with Crippen LogP contribution in [0.3, 0.4) is 0 Å². The van der Waals surface area contributed by atoms with Crippen molar-refractivity contribution in [2.75, 3.05) is 14.2 Å². The van der Waals surface area contributed by atoms with Gasteiger partial charge in [-0.3, -0.25) is 4.79 Å². The number of likely N-dealkylation sites (N-methyl/N-ethyl adjacent to an activating group) is 1. The first-order valence-electron chi connectivity index (χ1n) is 7.77. The third kappa shape index (κ3) is 4.73. The highest BCUT2D eigenvalue weighted by Gasteiger charge is 2.27. The lowest BCUT2D eigenvalue weighted by Crippen LogP contribution is -2.44. The number of carbonyl (C=O) groups excluding carboxylic acids is 1. The molecule has 0 aliphatic carbocycles. The van der Waals surface area contributed by atoms with E-state index < -0.39 is 12.0 Å². The first kappa shape index (κ1) is 18.8. The van der Waals surface area contributed by atoms with Crippen molar-refractivity contribution in [1.82, 2.24) is 4.90 Å². The number of halogens is 1. The van der Waals surface area contributed by atoms with Crippen molar-refractivity contribution in [2.45, 2.75) is 18.9 Å². The summed E-state index contributed by atoms with van der Waals surface area (Å²) in [6.07, 6.45) is 0.204. The fourth-order valence-corrected chi connectivity index (χ4v) is 2.81. The molecule has 6 heteroatoms. The molecule has 132 valence electrons. The van der Waals surface area contributed by atoms with E-state index >= 15 is 0 Å². The van der Waals surface area contributed by atoms with E-state index in [1.165, 1.54) is 19.1 Å². The predicted octanol–water partition coefficient (Wildman–Crippen LogP) is 3.05. The highest BCUT2D eigenvalue weighted by Crippen LogP contribution is 2.27. The lowest BCUT2D eigenvalue weighted by molar-refractivity contribution is -0.148. The smallest absolute Gasteiger partial charge is 0.326 e. The van der Waals surface area contributed by atoms with Gasteiger partial charge in [0, 0.05) is 24.1 Å². The van der Waals surface area contributed by atoms with Crippen molar-refractivity contribution in [3.8, 4) is 5.75 Å². The molecule has 1 unspecified atom stereocenters. The molecule has 0 aliphatic heterocycles. The van der Waals surface area contributed by atoms with Gasteiger partial charge in [-0.15, -0.1) is 0 Å². The highest BCUT2D eigenvalue weighted by molar-refractivity contribution is 6.31. The van der Waals surface area contributed by atoms with Crippen LogP contribution in [0.15, 0.2) is 48.5 Å². The topological polar surface area (TPSA) is 66.8 Å². The zero-order valence-corrected chi connectivity index (χ0v) is 14.9. The van der Waals surface area contributed by atoms with Crippen LogP contribution in [0.5, 0.6) is 5.75 Å². The maximum atomic E-state index is 12.6. The van der Waals surface area contributed by atoms with Gasteiger partial charge in [0.15, 0.2) is 0 Å². The number of carboxylic acid groups (broad SMARTS) is 1. The van der Waals surface area contributed by atoms with E-state index in [1.54, 1.807) is 18.2 Å². The van der Waals surface area contributed by atoms with Crippen LogP contribution < -0.4 is 4.74 Å². The van der Waals surface area contributed by atoms with E-state index in [1.807, 2.05) is 30.3 Å². The third-order valence-electron chi connectivity index (χ3n) is 4.04. The Morgan fingerprint density at radius 3 is 2.44 bits per heavy atom. The zero-order valence-electron chi connectivity index (χ0n) is 14.1. The number of nitrogens with zero attached hydrogens (tertiary/aromatic N) is 1. The lowest BCUT2D eigenvalue weighted by Gasteiger charge is -2.25.